The van der Waals surface area contributed by atoms with E-state index in [0.29, 0.717) is 18.3 Å². The maximum absolute atomic E-state index is 11.6. The molecule has 1 amide bonds. The van der Waals surface area contributed by atoms with Gasteiger partial charge in [0.15, 0.2) is 5.65 Å². The van der Waals surface area contributed by atoms with Crippen LogP contribution >= 0.6 is 0 Å². The molecule has 0 radical (unpaired) electrons. The number of anilines is 4. The molecule has 27 heavy (non-hydrogen) atoms. The Balaban J connectivity index is 2.00. The predicted octanol–water partition coefficient (Wildman–Crippen LogP) is 3.23. The fourth-order valence-electron chi connectivity index (χ4n) is 2.61. The number of nitrogens with one attached hydrogen (secondary N) is 2. The summed E-state index contributed by atoms with van der Waals surface area (Å²) in [6.07, 6.45) is 3.10. The molecule has 2 N–H and O–H groups in total. The summed E-state index contributed by atoms with van der Waals surface area (Å²) >= 11 is 0. The van der Waals surface area contributed by atoms with E-state index in [1.807, 2.05) is 49.3 Å². The normalized spacial score (nSPS) is 10.8. The van der Waals surface area contributed by atoms with E-state index in [1.165, 1.54) is 0 Å². The van der Waals surface area contributed by atoms with Crippen LogP contribution in [0.1, 0.15) is 32.8 Å². The average Bonchev–Trinajstić information content (AvgIpc) is 3.10. The van der Waals surface area contributed by atoms with Crippen LogP contribution in [-0.2, 0) is 11.2 Å². The van der Waals surface area contributed by atoms with Crippen molar-refractivity contribution >= 4 is 34.8 Å². The number of aromatic nitrogens is 4. The third-order valence-corrected chi connectivity index (χ3v) is 4.35. The maximum Gasteiger partial charge on any atom is 0.233 e. The minimum absolute atomic E-state index is 0.0249. The molecule has 0 bridgehead atoms. The zero-order valence-electron chi connectivity index (χ0n) is 16.2. The molecular weight excluding hydrogens is 342 g/mol. The molecule has 0 atom stereocenters. The zero-order valence-corrected chi connectivity index (χ0v) is 16.2. The van der Waals surface area contributed by atoms with Crippen LogP contribution in [0.25, 0.3) is 5.65 Å². The highest BCUT2D eigenvalue weighted by molar-refractivity contribution is 5.91. The summed E-state index contributed by atoms with van der Waals surface area (Å²) < 4.78 is 1.71. The van der Waals surface area contributed by atoms with Crippen LogP contribution in [0.15, 0.2) is 30.5 Å². The number of aryl methyl sites for hydroxylation is 1. The van der Waals surface area contributed by atoms with Crippen LogP contribution in [0.5, 0.6) is 0 Å². The molecule has 0 saturated carbocycles. The van der Waals surface area contributed by atoms with Crippen molar-refractivity contribution in [2.75, 3.05) is 29.1 Å². The van der Waals surface area contributed by atoms with Crippen LogP contribution in [0, 0.1) is 0 Å². The molecule has 2 heterocycles. The first-order valence-corrected chi connectivity index (χ1v) is 9.18. The first kappa shape index (κ1) is 18.6. The van der Waals surface area contributed by atoms with Crippen molar-refractivity contribution in [2.45, 2.75) is 33.6 Å². The molecule has 142 valence electrons. The summed E-state index contributed by atoms with van der Waals surface area (Å²) in [6, 6.07) is 7.53. The van der Waals surface area contributed by atoms with Gasteiger partial charge in [0.2, 0.25) is 17.8 Å². The van der Waals surface area contributed by atoms with Crippen LogP contribution < -0.4 is 15.5 Å². The first-order chi connectivity index (χ1) is 13.0. The SMILES string of the molecule is CCC(=O)Nc1cccc(Nc2nc(N(C)CC)nc3c(CC)cnn23)c1. The predicted molar refractivity (Wildman–Crippen MR) is 108 cm³/mol. The Morgan fingerprint density at radius 2 is 1.96 bits per heavy atom. The summed E-state index contributed by atoms with van der Waals surface area (Å²) in [5, 5.41) is 10.6. The number of carbonyl (C=O) groups is 1. The number of nitrogens with zero attached hydrogens (tertiary/aromatic N) is 5. The topological polar surface area (TPSA) is 87.5 Å². The number of fused-ring (bicyclic) bond motifs is 1. The van der Waals surface area contributed by atoms with Gasteiger partial charge in [0.1, 0.15) is 0 Å². The number of hydrogen-bond donors (Lipinski definition) is 2. The monoisotopic (exact) mass is 367 g/mol. The molecule has 8 nitrogen and oxygen atoms in total. The summed E-state index contributed by atoms with van der Waals surface area (Å²) in [5.41, 5.74) is 3.40. The minimum atomic E-state index is -0.0249. The lowest BCUT2D eigenvalue weighted by Gasteiger charge is -2.17. The van der Waals surface area contributed by atoms with E-state index in [1.54, 1.807) is 4.52 Å². The number of benzene rings is 1. The quantitative estimate of drug-likeness (QED) is 0.667. The highest BCUT2D eigenvalue weighted by atomic mass is 16.1. The van der Waals surface area contributed by atoms with Gasteiger partial charge in [-0.15, -0.1) is 0 Å². The molecule has 0 unspecified atom stereocenters. The highest BCUT2D eigenvalue weighted by Gasteiger charge is 2.14. The van der Waals surface area contributed by atoms with Gasteiger partial charge in [-0.1, -0.05) is 19.9 Å². The Morgan fingerprint density at radius 1 is 1.19 bits per heavy atom. The van der Waals surface area contributed by atoms with Crippen molar-refractivity contribution in [3.63, 3.8) is 0 Å². The van der Waals surface area contributed by atoms with E-state index >= 15 is 0 Å². The largest absolute Gasteiger partial charge is 0.344 e. The lowest BCUT2D eigenvalue weighted by atomic mass is 10.2. The Morgan fingerprint density at radius 3 is 2.67 bits per heavy atom. The van der Waals surface area contributed by atoms with Crippen LogP contribution in [0.4, 0.5) is 23.3 Å². The third kappa shape index (κ3) is 3.99. The Bertz CT molecular complexity index is 950. The second-order valence-electron chi connectivity index (χ2n) is 6.23. The van der Waals surface area contributed by atoms with E-state index in [-0.39, 0.29) is 5.91 Å². The van der Waals surface area contributed by atoms with Gasteiger partial charge in [-0.25, -0.2) is 0 Å². The number of rotatable bonds is 7. The fourth-order valence-corrected chi connectivity index (χ4v) is 2.61. The van der Waals surface area contributed by atoms with E-state index in [2.05, 4.69) is 39.5 Å². The van der Waals surface area contributed by atoms with E-state index < -0.39 is 0 Å². The van der Waals surface area contributed by atoms with E-state index in [4.69, 9.17) is 0 Å². The lowest BCUT2D eigenvalue weighted by molar-refractivity contribution is -0.115. The summed E-state index contributed by atoms with van der Waals surface area (Å²) in [6.45, 7) is 6.75. The van der Waals surface area contributed by atoms with Gasteiger partial charge in [-0.3, -0.25) is 4.79 Å². The van der Waals surface area contributed by atoms with Crippen molar-refractivity contribution in [1.82, 2.24) is 19.6 Å². The Hall–Kier alpha value is -3.16. The van der Waals surface area contributed by atoms with Gasteiger partial charge < -0.3 is 15.5 Å². The van der Waals surface area contributed by atoms with Crippen molar-refractivity contribution < 1.29 is 4.79 Å². The molecule has 0 aliphatic carbocycles. The molecule has 0 fully saturated rings. The van der Waals surface area contributed by atoms with Crippen LogP contribution in [0.3, 0.4) is 0 Å². The van der Waals surface area contributed by atoms with Gasteiger partial charge in [-0.2, -0.15) is 19.6 Å². The van der Waals surface area contributed by atoms with Gasteiger partial charge in [-0.05, 0) is 31.5 Å². The molecule has 0 aliphatic rings. The molecule has 8 heteroatoms. The summed E-state index contributed by atoms with van der Waals surface area (Å²) in [5.74, 6) is 1.19. The molecule has 0 spiro atoms. The van der Waals surface area contributed by atoms with E-state index in [9.17, 15) is 4.79 Å². The van der Waals surface area contributed by atoms with E-state index in [0.717, 1.165) is 35.6 Å². The van der Waals surface area contributed by atoms with Gasteiger partial charge in [0, 0.05) is 37.0 Å². The van der Waals surface area contributed by atoms with Crippen molar-refractivity contribution in [2.24, 2.45) is 0 Å². The average molecular weight is 367 g/mol. The van der Waals surface area contributed by atoms with Crippen molar-refractivity contribution in [3.8, 4) is 0 Å². The molecular formula is C19H25N7O. The number of carbonyl (C=O) groups excluding carboxylic acids is 1. The molecule has 0 saturated heterocycles. The number of hydrogen-bond acceptors (Lipinski definition) is 6. The maximum atomic E-state index is 11.6. The van der Waals surface area contributed by atoms with Crippen LogP contribution in [-0.4, -0.2) is 39.1 Å². The molecule has 0 aliphatic heterocycles. The lowest BCUT2D eigenvalue weighted by Crippen LogP contribution is -2.20. The molecule has 3 rings (SSSR count). The van der Waals surface area contributed by atoms with Crippen LogP contribution in [0.2, 0.25) is 0 Å². The minimum Gasteiger partial charge on any atom is -0.344 e. The van der Waals surface area contributed by atoms with Gasteiger partial charge >= 0.3 is 0 Å². The molecule has 1 aromatic carbocycles. The fraction of sp³-hybridized carbons (Fsp3) is 0.368. The smallest absolute Gasteiger partial charge is 0.233 e. The third-order valence-electron chi connectivity index (χ3n) is 4.35. The molecule has 2 aromatic heterocycles. The summed E-state index contributed by atoms with van der Waals surface area (Å²) in [4.78, 5) is 22.9. The Kier molecular flexibility index (Phi) is 5.54. The van der Waals surface area contributed by atoms with Gasteiger partial charge in [0.05, 0.1) is 6.20 Å². The Labute approximate surface area is 158 Å². The first-order valence-electron chi connectivity index (χ1n) is 9.18. The molecule has 3 aromatic rings. The standard InChI is InChI=1S/C19H25N7O/c1-5-13-12-20-26-17(13)23-18(25(4)7-3)24-19(26)22-15-10-8-9-14(11-15)21-16(27)6-2/h8-12H,5-7H2,1-4H3,(H,21,27)(H,22,23,24). The zero-order chi connectivity index (χ0) is 19.4. The van der Waals surface area contributed by atoms with Gasteiger partial charge in [0.25, 0.3) is 0 Å². The van der Waals surface area contributed by atoms with Crippen molar-refractivity contribution in [1.29, 1.82) is 0 Å². The highest BCUT2D eigenvalue weighted by Crippen LogP contribution is 2.22. The summed E-state index contributed by atoms with van der Waals surface area (Å²) in [7, 11) is 1.96. The second-order valence-corrected chi connectivity index (χ2v) is 6.23. The second kappa shape index (κ2) is 8.03. The number of amides is 1. The van der Waals surface area contributed by atoms with Crippen molar-refractivity contribution in [3.05, 3.63) is 36.0 Å².